The number of hydrogen-bond acceptors (Lipinski definition) is 1. The van der Waals surface area contributed by atoms with Crippen molar-refractivity contribution in [1.29, 1.82) is 0 Å². The standard InChI is InChI=1S/C20H36OS/c1-2-3-4-5-6-7-8-9-10-11-13-18-16-19-14-12-15-20(17-18)22(19)21/h16,19-20H,2-15,17H2,1H3. The molecule has 0 aromatic heterocycles. The van der Waals surface area contributed by atoms with Gasteiger partial charge < -0.3 is 0 Å². The van der Waals surface area contributed by atoms with Crippen LogP contribution in [0.4, 0.5) is 0 Å². The summed E-state index contributed by atoms with van der Waals surface area (Å²) in [7, 11) is -0.549. The lowest BCUT2D eigenvalue weighted by Crippen LogP contribution is -2.33. The van der Waals surface area contributed by atoms with Crippen LogP contribution in [-0.4, -0.2) is 14.7 Å². The third-order valence-electron chi connectivity index (χ3n) is 5.40. The van der Waals surface area contributed by atoms with Gasteiger partial charge in [-0.25, -0.2) is 0 Å². The molecule has 22 heavy (non-hydrogen) atoms. The monoisotopic (exact) mass is 324 g/mol. The number of allylic oxidation sites excluding steroid dienone is 1. The fourth-order valence-corrected chi connectivity index (χ4v) is 6.01. The summed E-state index contributed by atoms with van der Waals surface area (Å²) in [5.74, 6) is 0. The van der Waals surface area contributed by atoms with E-state index in [-0.39, 0.29) is 0 Å². The molecule has 0 radical (unpaired) electrons. The molecule has 1 saturated heterocycles. The summed E-state index contributed by atoms with van der Waals surface area (Å²) in [6.07, 6.45) is 22.6. The quantitative estimate of drug-likeness (QED) is 0.322. The van der Waals surface area contributed by atoms with Gasteiger partial charge in [0.1, 0.15) is 0 Å². The van der Waals surface area contributed by atoms with E-state index in [4.69, 9.17) is 0 Å². The van der Waals surface area contributed by atoms with E-state index in [1.807, 2.05) is 0 Å². The van der Waals surface area contributed by atoms with E-state index in [0.29, 0.717) is 10.5 Å². The van der Waals surface area contributed by atoms with Crippen LogP contribution in [0, 0.1) is 0 Å². The van der Waals surface area contributed by atoms with Crippen LogP contribution in [0.15, 0.2) is 11.6 Å². The van der Waals surface area contributed by atoms with Crippen molar-refractivity contribution < 1.29 is 4.21 Å². The van der Waals surface area contributed by atoms with E-state index in [1.165, 1.54) is 89.9 Å². The molecule has 128 valence electrons. The van der Waals surface area contributed by atoms with Crippen molar-refractivity contribution >= 4 is 10.8 Å². The molecule has 0 aromatic rings. The van der Waals surface area contributed by atoms with Gasteiger partial charge >= 0.3 is 0 Å². The molecule has 1 fully saturated rings. The van der Waals surface area contributed by atoms with Crippen LogP contribution in [-0.2, 0) is 10.8 Å². The minimum Gasteiger partial charge on any atom is -0.259 e. The second-order valence-corrected chi connectivity index (χ2v) is 9.31. The maximum absolute atomic E-state index is 12.2. The lowest BCUT2D eigenvalue weighted by Gasteiger charge is -2.32. The molecule has 0 N–H and O–H groups in total. The average molecular weight is 325 g/mol. The first-order valence-corrected chi connectivity index (χ1v) is 11.2. The van der Waals surface area contributed by atoms with Crippen LogP contribution in [0.2, 0.25) is 0 Å². The molecule has 0 amide bonds. The molecule has 0 saturated carbocycles. The van der Waals surface area contributed by atoms with Gasteiger partial charge in [0.05, 0.1) is 5.25 Å². The van der Waals surface area contributed by atoms with Crippen molar-refractivity contribution in [2.45, 2.75) is 114 Å². The zero-order valence-corrected chi connectivity index (χ0v) is 15.5. The zero-order valence-electron chi connectivity index (χ0n) is 14.7. The van der Waals surface area contributed by atoms with Gasteiger partial charge in [0, 0.05) is 16.0 Å². The Hall–Kier alpha value is -0.110. The Bertz CT molecular complexity index is 361. The van der Waals surface area contributed by atoms with Crippen molar-refractivity contribution in [2.24, 2.45) is 0 Å². The summed E-state index contributed by atoms with van der Waals surface area (Å²) in [6, 6.07) is 0. The van der Waals surface area contributed by atoms with Gasteiger partial charge in [0.2, 0.25) is 0 Å². The van der Waals surface area contributed by atoms with Gasteiger partial charge in [-0.2, -0.15) is 0 Å². The molecule has 0 aliphatic carbocycles. The molecule has 2 aliphatic rings. The molecule has 0 spiro atoms. The highest BCUT2D eigenvalue weighted by Gasteiger charge is 2.32. The molecule has 2 aliphatic heterocycles. The molecule has 2 rings (SSSR count). The van der Waals surface area contributed by atoms with Gasteiger partial charge in [-0.3, -0.25) is 4.21 Å². The Balaban J connectivity index is 1.48. The van der Waals surface area contributed by atoms with Crippen LogP contribution < -0.4 is 0 Å². The number of unbranched alkanes of at least 4 members (excludes halogenated alkanes) is 9. The zero-order chi connectivity index (χ0) is 15.6. The maximum Gasteiger partial charge on any atom is 0.0533 e. The summed E-state index contributed by atoms with van der Waals surface area (Å²) in [6.45, 7) is 2.28. The van der Waals surface area contributed by atoms with Gasteiger partial charge in [0.15, 0.2) is 0 Å². The predicted molar refractivity (Wildman–Crippen MR) is 98.7 cm³/mol. The molecular formula is C20H36OS. The maximum atomic E-state index is 12.2. The fourth-order valence-electron chi connectivity index (χ4n) is 4.01. The molecular weight excluding hydrogens is 288 g/mol. The van der Waals surface area contributed by atoms with E-state index in [2.05, 4.69) is 13.0 Å². The molecule has 2 heterocycles. The largest absolute Gasteiger partial charge is 0.259 e. The van der Waals surface area contributed by atoms with Crippen LogP contribution in [0.1, 0.15) is 103 Å². The average Bonchev–Trinajstić information content (AvgIpc) is 2.50. The SMILES string of the molecule is CCCCCCCCCCCCC1=CC2CCCC(C1)S2=O. The molecule has 3 unspecified atom stereocenters. The predicted octanol–water partition coefficient (Wildman–Crippen LogP) is 6.30. The van der Waals surface area contributed by atoms with E-state index in [0.717, 1.165) is 6.42 Å². The van der Waals surface area contributed by atoms with Crippen LogP contribution in [0.3, 0.4) is 0 Å². The first-order chi connectivity index (χ1) is 10.8. The summed E-state index contributed by atoms with van der Waals surface area (Å²) in [5.41, 5.74) is 1.63. The summed E-state index contributed by atoms with van der Waals surface area (Å²) in [5, 5.41) is 0.910. The summed E-state index contributed by atoms with van der Waals surface area (Å²) < 4.78 is 12.2. The van der Waals surface area contributed by atoms with Crippen molar-refractivity contribution in [3.05, 3.63) is 11.6 Å². The smallest absolute Gasteiger partial charge is 0.0533 e. The third kappa shape index (κ3) is 6.18. The van der Waals surface area contributed by atoms with Crippen LogP contribution >= 0.6 is 0 Å². The minimum atomic E-state index is -0.549. The first kappa shape index (κ1) is 18.2. The topological polar surface area (TPSA) is 17.1 Å². The highest BCUT2D eigenvalue weighted by atomic mass is 32.2. The molecule has 2 heteroatoms. The minimum absolute atomic E-state index is 0.408. The second kappa shape index (κ2) is 10.6. The van der Waals surface area contributed by atoms with Gasteiger partial charge in [0.25, 0.3) is 0 Å². The number of hydrogen-bond donors (Lipinski definition) is 0. The Kier molecular flexibility index (Phi) is 8.80. The van der Waals surface area contributed by atoms with Crippen molar-refractivity contribution in [2.75, 3.05) is 0 Å². The van der Waals surface area contributed by atoms with E-state index in [1.54, 1.807) is 5.57 Å². The van der Waals surface area contributed by atoms with Crippen LogP contribution in [0.5, 0.6) is 0 Å². The Morgan fingerprint density at radius 1 is 0.955 bits per heavy atom. The molecule has 0 aromatic carbocycles. The van der Waals surface area contributed by atoms with Gasteiger partial charge in [-0.15, -0.1) is 0 Å². The molecule has 3 atom stereocenters. The van der Waals surface area contributed by atoms with Crippen molar-refractivity contribution in [3.63, 3.8) is 0 Å². The highest BCUT2D eigenvalue weighted by Crippen LogP contribution is 2.34. The van der Waals surface area contributed by atoms with Crippen molar-refractivity contribution in [3.8, 4) is 0 Å². The number of fused-ring (bicyclic) bond motifs is 2. The third-order valence-corrected chi connectivity index (χ3v) is 7.43. The lowest BCUT2D eigenvalue weighted by molar-refractivity contribution is 0.540. The van der Waals surface area contributed by atoms with E-state index in [9.17, 15) is 4.21 Å². The molecule has 2 bridgehead atoms. The highest BCUT2D eigenvalue weighted by molar-refractivity contribution is 7.86. The van der Waals surface area contributed by atoms with E-state index < -0.39 is 10.8 Å². The summed E-state index contributed by atoms with van der Waals surface area (Å²) in [4.78, 5) is 0. The number of rotatable bonds is 11. The van der Waals surface area contributed by atoms with Gasteiger partial charge in [-0.05, 0) is 32.1 Å². The first-order valence-electron chi connectivity index (χ1n) is 9.90. The Morgan fingerprint density at radius 2 is 1.59 bits per heavy atom. The molecule has 1 nitrogen and oxygen atoms in total. The Labute approximate surface area is 140 Å². The fraction of sp³-hybridized carbons (Fsp3) is 0.900. The summed E-state index contributed by atoms with van der Waals surface area (Å²) >= 11 is 0. The lowest BCUT2D eigenvalue weighted by atomic mass is 9.94. The normalized spacial score (nSPS) is 27.7. The Morgan fingerprint density at radius 3 is 2.23 bits per heavy atom. The van der Waals surface area contributed by atoms with Gasteiger partial charge in [-0.1, -0.05) is 82.8 Å². The van der Waals surface area contributed by atoms with Crippen LogP contribution in [0.25, 0.3) is 0 Å². The van der Waals surface area contributed by atoms with Crippen molar-refractivity contribution in [1.82, 2.24) is 0 Å². The van der Waals surface area contributed by atoms with E-state index >= 15 is 0 Å². The second-order valence-electron chi connectivity index (χ2n) is 7.38.